The number of sulfonamides is 1. The molecule has 0 aromatic carbocycles. The molecule has 1 N–H and O–H groups in total. The molecule has 1 saturated carbocycles. The van der Waals surface area contributed by atoms with E-state index in [4.69, 9.17) is 0 Å². The number of amides is 1. The lowest BCUT2D eigenvalue weighted by Crippen LogP contribution is -2.43. The molecule has 1 aliphatic heterocycles. The van der Waals surface area contributed by atoms with Crippen LogP contribution in [0.2, 0.25) is 0 Å². The smallest absolute Gasteiger partial charge is 0.252 e. The number of carbonyl (C=O) groups is 1. The van der Waals surface area contributed by atoms with E-state index < -0.39 is 10.0 Å². The van der Waals surface area contributed by atoms with Gasteiger partial charge in [-0.15, -0.1) is 11.3 Å². The molecule has 0 spiro atoms. The second kappa shape index (κ2) is 8.88. The average Bonchev–Trinajstić information content (AvgIpc) is 3.32. The number of carbonyl (C=O) groups excluding carboxylic acids is 1. The van der Waals surface area contributed by atoms with Crippen LogP contribution in [0.15, 0.2) is 21.7 Å². The van der Waals surface area contributed by atoms with Gasteiger partial charge in [-0.25, -0.2) is 8.42 Å². The van der Waals surface area contributed by atoms with Crippen molar-refractivity contribution in [3.05, 3.63) is 17.5 Å². The lowest BCUT2D eigenvalue weighted by atomic mass is 9.97. The van der Waals surface area contributed by atoms with Crippen LogP contribution in [0, 0.1) is 5.92 Å². The maximum Gasteiger partial charge on any atom is 0.252 e. The number of thioether (sulfide) groups is 1. The van der Waals surface area contributed by atoms with Crippen molar-refractivity contribution < 1.29 is 13.2 Å². The maximum atomic E-state index is 12.5. The van der Waals surface area contributed by atoms with E-state index in [1.54, 1.807) is 17.5 Å². The normalized spacial score (nSPS) is 20.8. The van der Waals surface area contributed by atoms with Crippen molar-refractivity contribution in [2.45, 2.75) is 48.0 Å². The Bertz CT molecular complexity index is 647. The second-order valence-electron chi connectivity index (χ2n) is 6.68. The summed E-state index contributed by atoms with van der Waals surface area (Å²) in [4.78, 5) is 12.3. The molecule has 2 aliphatic rings. The van der Waals surface area contributed by atoms with Gasteiger partial charge in [0, 0.05) is 36.6 Å². The van der Waals surface area contributed by atoms with E-state index in [9.17, 15) is 13.2 Å². The Morgan fingerprint density at radius 2 is 1.96 bits per heavy atom. The zero-order valence-corrected chi connectivity index (χ0v) is 16.8. The Labute approximate surface area is 158 Å². The number of hydrogen-bond acceptors (Lipinski definition) is 5. The molecular formula is C17H26N2O3S3. The van der Waals surface area contributed by atoms with Crippen molar-refractivity contribution in [2.24, 2.45) is 5.92 Å². The monoisotopic (exact) mass is 402 g/mol. The van der Waals surface area contributed by atoms with Crippen molar-refractivity contribution >= 4 is 39.0 Å². The minimum absolute atomic E-state index is 0.0636. The van der Waals surface area contributed by atoms with Crippen molar-refractivity contribution in [2.75, 3.05) is 25.4 Å². The first kappa shape index (κ1) is 19.2. The lowest BCUT2D eigenvalue weighted by Gasteiger charge is -2.30. The van der Waals surface area contributed by atoms with Crippen molar-refractivity contribution in [3.63, 3.8) is 0 Å². The third-order valence-corrected chi connectivity index (χ3v) is 9.63. The van der Waals surface area contributed by atoms with E-state index in [2.05, 4.69) is 5.32 Å². The number of nitrogens with one attached hydrogen (secondary N) is 1. The number of nitrogens with zero attached hydrogens (tertiary/aromatic N) is 1. The predicted octanol–water partition coefficient (Wildman–Crippen LogP) is 2.94. The summed E-state index contributed by atoms with van der Waals surface area (Å²) < 4.78 is 26.9. The first-order valence-electron chi connectivity index (χ1n) is 9.00. The first-order chi connectivity index (χ1) is 12.1. The van der Waals surface area contributed by atoms with Crippen molar-refractivity contribution in [3.8, 4) is 0 Å². The Kier molecular flexibility index (Phi) is 6.82. The largest absolute Gasteiger partial charge is 0.355 e. The van der Waals surface area contributed by atoms with Crippen LogP contribution in [-0.4, -0.2) is 49.3 Å². The Hall–Kier alpha value is -0.570. The summed E-state index contributed by atoms with van der Waals surface area (Å²) in [5.74, 6) is 0.994. The molecule has 25 heavy (non-hydrogen) atoms. The summed E-state index contributed by atoms with van der Waals surface area (Å²) >= 11 is 3.22. The molecule has 5 nitrogen and oxygen atoms in total. The number of hydrogen-bond donors (Lipinski definition) is 1. The molecule has 1 aromatic heterocycles. The van der Waals surface area contributed by atoms with E-state index in [1.165, 1.54) is 41.3 Å². The molecule has 0 radical (unpaired) electrons. The summed E-state index contributed by atoms with van der Waals surface area (Å²) in [7, 11) is -3.38. The number of thiophene rings is 1. The van der Waals surface area contributed by atoms with Gasteiger partial charge in [0.15, 0.2) is 0 Å². The Morgan fingerprint density at radius 3 is 2.60 bits per heavy atom. The first-order valence-corrected chi connectivity index (χ1v) is 12.4. The third-order valence-electron chi connectivity index (χ3n) is 4.97. The molecular weight excluding hydrogens is 376 g/mol. The standard InChI is InChI=1S/C17H26N2O3S3/c20-17(18-9-13-23-15-4-1-2-5-15)14-7-10-19(11-8-14)25(21,22)16-6-3-12-24-16/h3,6,12,14-15H,1-2,4-5,7-11,13H2,(H,18,20). The average molecular weight is 403 g/mol. The molecule has 8 heteroatoms. The van der Waals surface area contributed by atoms with Crippen LogP contribution in [0.25, 0.3) is 0 Å². The molecule has 1 aromatic rings. The SMILES string of the molecule is O=C(NCCSC1CCCC1)C1CCN(S(=O)(=O)c2cccs2)CC1. The molecule has 0 bridgehead atoms. The van der Waals surface area contributed by atoms with Gasteiger partial charge in [0.25, 0.3) is 10.0 Å². The number of piperidine rings is 1. The quantitative estimate of drug-likeness (QED) is 0.712. The van der Waals surface area contributed by atoms with Crippen LogP contribution in [0.1, 0.15) is 38.5 Å². The van der Waals surface area contributed by atoms with Crippen molar-refractivity contribution in [1.29, 1.82) is 0 Å². The van der Waals surface area contributed by atoms with Gasteiger partial charge >= 0.3 is 0 Å². The van der Waals surface area contributed by atoms with Crippen LogP contribution < -0.4 is 5.32 Å². The van der Waals surface area contributed by atoms with Gasteiger partial charge in [-0.05, 0) is 37.1 Å². The topological polar surface area (TPSA) is 66.5 Å². The van der Waals surface area contributed by atoms with E-state index in [-0.39, 0.29) is 11.8 Å². The molecule has 0 atom stereocenters. The van der Waals surface area contributed by atoms with E-state index >= 15 is 0 Å². The van der Waals surface area contributed by atoms with E-state index in [0.29, 0.717) is 36.7 Å². The van der Waals surface area contributed by atoms with Gasteiger partial charge < -0.3 is 5.32 Å². The van der Waals surface area contributed by atoms with Gasteiger partial charge in [0.05, 0.1) is 0 Å². The Morgan fingerprint density at radius 1 is 1.24 bits per heavy atom. The van der Waals surface area contributed by atoms with Crippen LogP contribution in [0.4, 0.5) is 0 Å². The van der Waals surface area contributed by atoms with E-state index in [0.717, 1.165) is 11.0 Å². The molecule has 140 valence electrons. The maximum absolute atomic E-state index is 12.5. The van der Waals surface area contributed by atoms with Crippen LogP contribution >= 0.6 is 23.1 Å². The highest BCUT2D eigenvalue weighted by Gasteiger charge is 2.32. The third kappa shape index (κ3) is 4.99. The second-order valence-corrected chi connectivity index (χ2v) is 11.2. The highest BCUT2D eigenvalue weighted by molar-refractivity contribution is 7.99. The lowest BCUT2D eigenvalue weighted by molar-refractivity contribution is -0.125. The van der Waals surface area contributed by atoms with Crippen LogP contribution in [0.3, 0.4) is 0 Å². The Balaban J connectivity index is 1.38. The summed E-state index contributed by atoms with van der Waals surface area (Å²) in [6.45, 7) is 1.57. The fourth-order valence-electron chi connectivity index (χ4n) is 3.50. The van der Waals surface area contributed by atoms with Gasteiger partial charge in [-0.2, -0.15) is 16.1 Å². The summed E-state index contributed by atoms with van der Waals surface area (Å²) in [6, 6.07) is 3.39. The molecule has 3 rings (SSSR count). The molecule has 1 amide bonds. The molecule has 0 unspecified atom stereocenters. The zero-order chi connectivity index (χ0) is 17.7. The summed E-state index contributed by atoms with van der Waals surface area (Å²) in [5.41, 5.74) is 0. The van der Waals surface area contributed by atoms with Crippen LogP contribution in [-0.2, 0) is 14.8 Å². The van der Waals surface area contributed by atoms with Gasteiger partial charge in [0.1, 0.15) is 4.21 Å². The molecule has 2 fully saturated rings. The zero-order valence-electron chi connectivity index (χ0n) is 14.4. The minimum atomic E-state index is -3.38. The highest BCUT2D eigenvalue weighted by atomic mass is 32.2. The molecule has 1 saturated heterocycles. The van der Waals surface area contributed by atoms with Gasteiger partial charge in [-0.3, -0.25) is 4.79 Å². The number of rotatable bonds is 7. The fourth-order valence-corrected chi connectivity index (χ4v) is 7.33. The van der Waals surface area contributed by atoms with Crippen molar-refractivity contribution in [1.82, 2.24) is 9.62 Å². The molecule has 1 aliphatic carbocycles. The van der Waals surface area contributed by atoms with Gasteiger partial charge in [0.2, 0.25) is 5.91 Å². The fraction of sp³-hybridized carbons (Fsp3) is 0.706. The minimum Gasteiger partial charge on any atom is -0.355 e. The van der Waals surface area contributed by atoms with Crippen LogP contribution in [0.5, 0.6) is 0 Å². The van der Waals surface area contributed by atoms with Gasteiger partial charge in [-0.1, -0.05) is 18.9 Å². The predicted molar refractivity (Wildman–Crippen MR) is 104 cm³/mol. The summed E-state index contributed by atoms with van der Waals surface area (Å²) in [6.07, 6.45) is 6.53. The highest BCUT2D eigenvalue weighted by Crippen LogP contribution is 2.29. The van der Waals surface area contributed by atoms with E-state index in [1.807, 2.05) is 11.8 Å². The summed E-state index contributed by atoms with van der Waals surface area (Å²) in [5, 5.41) is 5.59. The molecule has 2 heterocycles.